The Morgan fingerprint density at radius 1 is 1.21 bits per heavy atom. The second-order valence-corrected chi connectivity index (χ2v) is 3.60. The molecular weight excluding hydrogens is 257 g/mol. The molecule has 0 amide bonds. The molecule has 0 nitrogen and oxygen atoms in total. The van der Waals surface area contributed by atoms with Gasteiger partial charge in [0.05, 0.1) is 6.42 Å². The van der Waals surface area contributed by atoms with Crippen molar-refractivity contribution in [3.63, 3.8) is 0 Å². The van der Waals surface area contributed by atoms with E-state index in [2.05, 4.69) is 15.9 Å². The van der Waals surface area contributed by atoms with E-state index in [9.17, 15) is 13.2 Å². The average Bonchev–Trinajstić information content (AvgIpc) is 2.06. The summed E-state index contributed by atoms with van der Waals surface area (Å²) in [4.78, 5) is 0. The molecule has 76 valence electrons. The SMILES string of the molecule is FC(F)(F)CC=Cc1ccccc1Br. The van der Waals surface area contributed by atoms with Crippen LogP contribution >= 0.6 is 15.9 Å². The first kappa shape index (κ1) is 11.3. The first-order valence-electron chi connectivity index (χ1n) is 3.97. The van der Waals surface area contributed by atoms with E-state index in [0.717, 1.165) is 16.1 Å². The van der Waals surface area contributed by atoms with Crippen LogP contribution in [0.2, 0.25) is 0 Å². The first-order valence-corrected chi connectivity index (χ1v) is 4.76. The second kappa shape index (κ2) is 4.64. The highest BCUT2D eigenvalue weighted by Gasteiger charge is 2.24. The third-order valence-corrected chi connectivity index (χ3v) is 2.27. The molecule has 0 radical (unpaired) electrons. The third kappa shape index (κ3) is 3.96. The van der Waals surface area contributed by atoms with E-state index in [1.807, 2.05) is 6.07 Å². The van der Waals surface area contributed by atoms with E-state index in [4.69, 9.17) is 0 Å². The Kier molecular flexibility index (Phi) is 3.75. The van der Waals surface area contributed by atoms with Crippen molar-refractivity contribution in [2.45, 2.75) is 12.6 Å². The molecule has 0 aliphatic rings. The Hall–Kier alpha value is -0.770. The highest BCUT2D eigenvalue weighted by atomic mass is 79.9. The number of alkyl halides is 3. The van der Waals surface area contributed by atoms with Crippen LogP contribution in [0.5, 0.6) is 0 Å². The Morgan fingerprint density at radius 2 is 1.86 bits per heavy atom. The van der Waals surface area contributed by atoms with E-state index in [-0.39, 0.29) is 0 Å². The highest BCUT2D eigenvalue weighted by Crippen LogP contribution is 2.22. The molecule has 0 N–H and O–H groups in total. The van der Waals surface area contributed by atoms with Crippen LogP contribution < -0.4 is 0 Å². The molecule has 14 heavy (non-hydrogen) atoms. The van der Waals surface area contributed by atoms with Gasteiger partial charge in [-0.3, -0.25) is 0 Å². The van der Waals surface area contributed by atoms with Crippen LogP contribution in [0.1, 0.15) is 12.0 Å². The summed E-state index contributed by atoms with van der Waals surface area (Å²) in [5.41, 5.74) is 0.747. The van der Waals surface area contributed by atoms with Gasteiger partial charge in [-0.25, -0.2) is 0 Å². The minimum atomic E-state index is -4.13. The van der Waals surface area contributed by atoms with E-state index in [1.165, 1.54) is 6.08 Å². The molecule has 0 spiro atoms. The van der Waals surface area contributed by atoms with Crippen LogP contribution in [-0.2, 0) is 0 Å². The molecular formula is C10H8BrF3. The summed E-state index contributed by atoms with van der Waals surface area (Å²) in [5, 5.41) is 0. The van der Waals surface area contributed by atoms with Gasteiger partial charge < -0.3 is 0 Å². The fraction of sp³-hybridized carbons (Fsp3) is 0.200. The number of rotatable bonds is 2. The standard InChI is InChI=1S/C10H8BrF3/c11-9-6-2-1-4-8(9)5-3-7-10(12,13)14/h1-6H,7H2. The maximum Gasteiger partial charge on any atom is 0.392 e. The predicted molar refractivity (Wildman–Crippen MR) is 53.8 cm³/mol. The summed E-state index contributed by atoms with van der Waals surface area (Å²) in [7, 11) is 0. The maximum atomic E-state index is 11.8. The molecule has 0 saturated heterocycles. The Labute approximate surface area is 88.6 Å². The maximum absolute atomic E-state index is 11.8. The van der Waals surface area contributed by atoms with Crippen molar-refractivity contribution in [1.82, 2.24) is 0 Å². The van der Waals surface area contributed by atoms with Crippen molar-refractivity contribution in [1.29, 1.82) is 0 Å². The van der Waals surface area contributed by atoms with Gasteiger partial charge in [0.25, 0.3) is 0 Å². The van der Waals surface area contributed by atoms with Crippen LogP contribution in [0.15, 0.2) is 34.8 Å². The number of benzene rings is 1. The smallest absolute Gasteiger partial charge is 0.171 e. The number of hydrogen-bond donors (Lipinski definition) is 0. The quantitative estimate of drug-likeness (QED) is 0.742. The summed E-state index contributed by atoms with van der Waals surface area (Å²) in [6, 6.07) is 7.12. The summed E-state index contributed by atoms with van der Waals surface area (Å²) in [6.07, 6.45) is -2.45. The van der Waals surface area contributed by atoms with Gasteiger partial charge in [-0.05, 0) is 11.6 Å². The Bertz CT molecular complexity index is 328. The van der Waals surface area contributed by atoms with Crippen LogP contribution in [0.3, 0.4) is 0 Å². The molecule has 1 aromatic carbocycles. The van der Waals surface area contributed by atoms with Gasteiger partial charge in [-0.1, -0.05) is 46.3 Å². The van der Waals surface area contributed by atoms with Crippen molar-refractivity contribution < 1.29 is 13.2 Å². The van der Waals surface area contributed by atoms with Gasteiger partial charge >= 0.3 is 6.18 Å². The third-order valence-electron chi connectivity index (χ3n) is 1.55. The molecule has 1 aromatic rings. The van der Waals surface area contributed by atoms with Gasteiger partial charge in [0, 0.05) is 4.47 Å². The minimum Gasteiger partial charge on any atom is -0.171 e. The van der Waals surface area contributed by atoms with Crippen LogP contribution in [0.25, 0.3) is 6.08 Å². The van der Waals surface area contributed by atoms with Gasteiger partial charge in [-0.15, -0.1) is 0 Å². The summed E-state index contributed by atoms with van der Waals surface area (Å²) in [6.45, 7) is 0. The van der Waals surface area contributed by atoms with Gasteiger partial charge in [0.2, 0.25) is 0 Å². The number of hydrogen-bond acceptors (Lipinski definition) is 0. The van der Waals surface area contributed by atoms with Crippen molar-refractivity contribution in [3.8, 4) is 0 Å². The zero-order valence-electron chi connectivity index (χ0n) is 7.18. The second-order valence-electron chi connectivity index (χ2n) is 2.74. The monoisotopic (exact) mass is 264 g/mol. The summed E-state index contributed by atoms with van der Waals surface area (Å²) in [5.74, 6) is 0. The van der Waals surface area contributed by atoms with E-state index in [0.29, 0.717) is 0 Å². The zero-order valence-corrected chi connectivity index (χ0v) is 8.77. The van der Waals surface area contributed by atoms with Crippen LogP contribution in [-0.4, -0.2) is 6.18 Å². The molecule has 0 saturated carbocycles. The normalized spacial score (nSPS) is 12.3. The molecule has 0 atom stereocenters. The van der Waals surface area contributed by atoms with Crippen LogP contribution in [0, 0.1) is 0 Å². The molecule has 4 heteroatoms. The molecule has 0 fully saturated rings. The topological polar surface area (TPSA) is 0 Å². The molecule has 0 aliphatic carbocycles. The average molecular weight is 265 g/mol. The van der Waals surface area contributed by atoms with Gasteiger partial charge in [0.1, 0.15) is 0 Å². The lowest BCUT2D eigenvalue weighted by Crippen LogP contribution is -2.03. The lowest BCUT2D eigenvalue weighted by Gasteiger charge is -2.01. The van der Waals surface area contributed by atoms with E-state index < -0.39 is 12.6 Å². The Morgan fingerprint density at radius 3 is 2.43 bits per heavy atom. The zero-order chi connectivity index (χ0) is 10.6. The van der Waals surface area contributed by atoms with Crippen LogP contribution in [0.4, 0.5) is 13.2 Å². The lowest BCUT2D eigenvalue weighted by atomic mass is 10.2. The molecule has 0 bridgehead atoms. The molecule has 0 unspecified atom stereocenters. The Balaban J connectivity index is 2.65. The molecule has 0 heterocycles. The molecule has 0 aliphatic heterocycles. The van der Waals surface area contributed by atoms with Gasteiger partial charge in [-0.2, -0.15) is 13.2 Å². The van der Waals surface area contributed by atoms with Crippen molar-refractivity contribution in [2.75, 3.05) is 0 Å². The fourth-order valence-corrected chi connectivity index (χ4v) is 1.35. The summed E-state index contributed by atoms with van der Waals surface area (Å²) < 4.78 is 36.2. The predicted octanol–water partition coefficient (Wildman–Crippen LogP) is 4.41. The summed E-state index contributed by atoms with van der Waals surface area (Å²) >= 11 is 3.24. The number of allylic oxidation sites excluding steroid dienone is 1. The van der Waals surface area contributed by atoms with E-state index in [1.54, 1.807) is 18.2 Å². The lowest BCUT2D eigenvalue weighted by molar-refractivity contribution is -0.124. The molecule has 0 aromatic heterocycles. The first-order chi connectivity index (χ1) is 6.49. The van der Waals surface area contributed by atoms with Crippen molar-refractivity contribution in [2.24, 2.45) is 0 Å². The van der Waals surface area contributed by atoms with Crippen molar-refractivity contribution >= 4 is 22.0 Å². The van der Waals surface area contributed by atoms with Gasteiger partial charge in [0.15, 0.2) is 0 Å². The highest BCUT2D eigenvalue weighted by molar-refractivity contribution is 9.10. The molecule has 1 rings (SSSR count). The largest absolute Gasteiger partial charge is 0.392 e. The van der Waals surface area contributed by atoms with E-state index >= 15 is 0 Å². The fourth-order valence-electron chi connectivity index (χ4n) is 0.930. The van der Waals surface area contributed by atoms with Crippen molar-refractivity contribution in [3.05, 3.63) is 40.4 Å². The number of halogens is 4. The minimum absolute atomic E-state index is 0.747.